The van der Waals surface area contributed by atoms with Crippen molar-refractivity contribution >= 4 is 32.9 Å². The number of pyridine rings is 1. The van der Waals surface area contributed by atoms with E-state index in [-0.39, 0.29) is 31.1 Å². The topological polar surface area (TPSA) is 143 Å². The number of amides is 1. The lowest BCUT2D eigenvalue weighted by molar-refractivity contribution is -0.274. The number of anilines is 1. The number of carbonyl (C=O) groups excluding carboxylic acids is 1. The van der Waals surface area contributed by atoms with Crippen molar-refractivity contribution in [2.45, 2.75) is 43.6 Å². The highest BCUT2D eigenvalue weighted by Gasteiger charge is 2.41. The number of benzene rings is 1. The molecule has 1 amide bonds. The molecule has 1 atom stereocenters. The summed E-state index contributed by atoms with van der Waals surface area (Å²) in [5.41, 5.74) is 2.46. The molecule has 0 saturated carbocycles. The normalized spacial score (nSPS) is 16.3. The van der Waals surface area contributed by atoms with Gasteiger partial charge in [0.2, 0.25) is 15.9 Å². The molecule has 0 radical (unpaired) electrons. The summed E-state index contributed by atoms with van der Waals surface area (Å²) >= 11 is 0. The summed E-state index contributed by atoms with van der Waals surface area (Å²) in [6.07, 6.45) is 2.83. The van der Waals surface area contributed by atoms with Crippen LogP contribution >= 0.6 is 0 Å². The van der Waals surface area contributed by atoms with E-state index < -0.39 is 34.1 Å². The predicted octanol–water partition coefficient (Wildman–Crippen LogP) is 2.86. The molecule has 1 N–H and O–H groups in total. The fourth-order valence-electron chi connectivity index (χ4n) is 4.61. The fraction of sp³-hybridized carbons (Fsp3) is 0.333. The lowest BCUT2D eigenvalue weighted by Gasteiger charge is -2.40. The molecule has 1 aliphatic heterocycles. The lowest BCUT2D eigenvalue weighted by Crippen LogP contribution is -2.60. The van der Waals surface area contributed by atoms with Crippen molar-refractivity contribution in [2.24, 2.45) is 0 Å². The highest BCUT2D eigenvalue weighted by molar-refractivity contribution is 7.89. The molecule has 1 saturated heterocycles. The zero-order valence-electron chi connectivity index (χ0n) is 22.9. The molecule has 0 unspecified atom stereocenters. The summed E-state index contributed by atoms with van der Waals surface area (Å²) < 4.78 is 70.1. The van der Waals surface area contributed by atoms with Gasteiger partial charge in [-0.1, -0.05) is 19.4 Å². The number of sulfonamides is 1. The lowest BCUT2D eigenvalue weighted by atomic mass is 10.1. The van der Waals surface area contributed by atoms with E-state index >= 15 is 0 Å². The Bertz CT molecular complexity index is 1690. The van der Waals surface area contributed by atoms with Crippen LogP contribution in [0.5, 0.6) is 5.75 Å². The molecule has 4 heterocycles. The molecule has 5 rings (SSSR count). The number of piperazine rings is 1. The molecular formula is C27H27F3N8O4S. The van der Waals surface area contributed by atoms with E-state index in [4.69, 9.17) is 0 Å². The molecule has 3 aromatic heterocycles. The van der Waals surface area contributed by atoms with Gasteiger partial charge >= 0.3 is 6.36 Å². The number of rotatable bonds is 9. The van der Waals surface area contributed by atoms with Crippen molar-refractivity contribution in [3.63, 3.8) is 0 Å². The third-order valence-electron chi connectivity index (χ3n) is 6.69. The summed E-state index contributed by atoms with van der Waals surface area (Å²) in [4.78, 5) is 36.2. The van der Waals surface area contributed by atoms with Crippen LogP contribution in [0, 0.1) is 0 Å². The second-order valence-electron chi connectivity index (χ2n) is 9.68. The van der Waals surface area contributed by atoms with Crippen LogP contribution in [-0.4, -0.2) is 75.6 Å². The maximum absolute atomic E-state index is 13.7. The number of alkyl halides is 3. The first-order valence-electron chi connectivity index (χ1n) is 13.3. The first kappa shape index (κ1) is 30.0. The molecule has 0 bridgehead atoms. The second kappa shape index (κ2) is 12.4. The van der Waals surface area contributed by atoms with Gasteiger partial charge in [0.1, 0.15) is 29.5 Å². The van der Waals surface area contributed by atoms with Crippen LogP contribution in [0.1, 0.15) is 24.6 Å². The highest BCUT2D eigenvalue weighted by Crippen LogP contribution is 2.28. The molecule has 43 heavy (non-hydrogen) atoms. The molecule has 1 aromatic carbocycles. The first-order valence-corrected chi connectivity index (χ1v) is 14.7. The van der Waals surface area contributed by atoms with Crippen molar-refractivity contribution < 1.29 is 31.1 Å². The smallest absolute Gasteiger partial charge is 0.406 e. The Morgan fingerprint density at radius 3 is 2.53 bits per heavy atom. The zero-order chi connectivity index (χ0) is 30.6. The summed E-state index contributed by atoms with van der Waals surface area (Å²) in [7, 11) is -4.31. The van der Waals surface area contributed by atoms with Crippen LogP contribution in [-0.2, 0) is 27.8 Å². The van der Waals surface area contributed by atoms with Gasteiger partial charge in [-0.15, -0.1) is 13.2 Å². The minimum absolute atomic E-state index is 0.0701. The predicted molar refractivity (Wildman–Crippen MR) is 148 cm³/mol. The summed E-state index contributed by atoms with van der Waals surface area (Å²) in [5, 5.41) is 2.80. The number of hydrogen-bond acceptors (Lipinski definition) is 10. The molecular weight excluding hydrogens is 589 g/mol. The Labute approximate surface area is 245 Å². The highest BCUT2D eigenvalue weighted by atomic mass is 32.2. The van der Waals surface area contributed by atoms with Crippen molar-refractivity contribution in [1.29, 1.82) is 0 Å². The standard InChI is InChI=1S/C27H27F3N8O4S/c1-2-3-19-5-4-18(12-32-19)13-34-26(39)23-16-37(24-15-33-22-14-31-17-35-25(22)36-24)10-11-38(23)43(40,41)21-8-6-20(7-9-21)42-27(28,29)30/h4-9,12,14-15,17,23H,2-3,10-11,13,16H2,1H3,(H,34,39)/t23-/m1/s1. The third-order valence-corrected chi connectivity index (χ3v) is 8.62. The molecule has 12 nitrogen and oxygen atoms in total. The number of nitrogens with one attached hydrogen (secondary N) is 1. The Balaban J connectivity index is 1.40. The Morgan fingerprint density at radius 2 is 1.84 bits per heavy atom. The van der Waals surface area contributed by atoms with Crippen LogP contribution in [0.15, 0.2) is 66.2 Å². The number of aryl methyl sites for hydroxylation is 1. The Hall–Kier alpha value is -4.44. The maximum atomic E-state index is 13.7. The Kier molecular flexibility index (Phi) is 8.68. The molecule has 226 valence electrons. The Morgan fingerprint density at radius 1 is 1.05 bits per heavy atom. The van der Waals surface area contributed by atoms with Gasteiger partial charge in [-0.25, -0.2) is 28.4 Å². The van der Waals surface area contributed by atoms with E-state index in [2.05, 4.69) is 35.0 Å². The van der Waals surface area contributed by atoms with Crippen molar-refractivity contribution in [1.82, 2.24) is 34.5 Å². The van der Waals surface area contributed by atoms with Crippen LogP contribution in [0.3, 0.4) is 0 Å². The van der Waals surface area contributed by atoms with E-state index in [1.165, 1.54) is 18.7 Å². The number of hydrogen-bond donors (Lipinski definition) is 1. The average molecular weight is 617 g/mol. The van der Waals surface area contributed by atoms with Crippen LogP contribution in [0.25, 0.3) is 11.2 Å². The van der Waals surface area contributed by atoms with Gasteiger partial charge in [-0.3, -0.25) is 9.78 Å². The minimum Gasteiger partial charge on any atom is -0.406 e. The van der Waals surface area contributed by atoms with Crippen molar-refractivity contribution in [3.05, 3.63) is 72.6 Å². The van der Waals surface area contributed by atoms with E-state index in [1.54, 1.807) is 11.1 Å². The third kappa shape index (κ3) is 7.14. The summed E-state index contributed by atoms with van der Waals surface area (Å²) in [6, 6.07) is 6.35. The van der Waals surface area contributed by atoms with Gasteiger partial charge in [0.25, 0.3) is 0 Å². The average Bonchev–Trinajstić information content (AvgIpc) is 2.99. The van der Waals surface area contributed by atoms with Gasteiger partial charge in [-0.2, -0.15) is 4.31 Å². The SMILES string of the molecule is CCCc1ccc(CNC(=O)[C@H]2CN(c3cnc4cncnc4n3)CCN2S(=O)(=O)c2ccc(OC(F)(F)F)cc2)cn1. The van der Waals surface area contributed by atoms with Crippen molar-refractivity contribution in [2.75, 3.05) is 24.5 Å². The van der Waals surface area contributed by atoms with Gasteiger partial charge in [0.05, 0.1) is 17.3 Å². The molecule has 1 fully saturated rings. The molecule has 4 aromatic rings. The molecule has 0 aliphatic carbocycles. The number of ether oxygens (including phenoxy) is 1. The van der Waals surface area contributed by atoms with E-state index in [1.807, 2.05) is 19.1 Å². The fourth-order valence-corrected chi connectivity index (χ4v) is 6.18. The molecule has 0 spiro atoms. The second-order valence-corrected chi connectivity index (χ2v) is 11.6. The van der Waals surface area contributed by atoms with Crippen LogP contribution in [0.2, 0.25) is 0 Å². The van der Waals surface area contributed by atoms with Gasteiger partial charge in [0.15, 0.2) is 5.65 Å². The van der Waals surface area contributed by atoms with E-state index in [0.29, 0.717) is 17.0 Å². The number of fused-ring (bicyclic) bond motifs is 1. The van der Waals surface area contributed by atoms with Crippen LogP contribution < -0.4 is 15.0 Å². The zero-order valence-corrected chi connectivity index (χ0v) is 23.7. The number of carbonyl (C=O) groups is 1. The summed E-state index contributed by atoms with van der Waals surface area (Å²) in [6.45, 7) is 2.13. The van der Waals surface area contributed by atoms with Gasteiger partial charge < -0.3 is 15.0 Å². The minimum atomic E-state index is -4.93. The first-order chi connectivity index (χ1) is 20.5. The number of nitrogens with zero attached hydrogens (tertiary/aromatic N) is 7. The number of halogens is 3. The quantitative estimate of drug-likeness (QED) is 0.298. The molecule has 1 aliphatic rings. The maximum Gasteiger partial charge on any atom is 0.573 e. The van der Waals surface area contributed by atoms with E-state index in [0.717, 1.165) is 52.7 Å². The van der Waals surface area contributed by atoms with Gasteiger partial charge in [0, 0.05) is 38.1 Å². The molecule has 16 heteroatoms. The number of aromatic nitrogens is 5. The van der Waals surface area contributed by atoms with Crippen LogP contribution in [0.4, 0.5) is 19.0 Å². The van der Waals surface area contributed by atoms with Crippen molar-refractivity contribution in [3.8, 4) is 5.75 Å². The largest absolute Gasteiger partial charge is 0.573 e. The summed E-state index contributed by atoms with van der Waals surface area (Å²) in [5.74, 6) is -0.743. The van der Waals surface area contributed by atoms with Gasteiger partial charge in [-0.05, 0) is 42.3 Å². The van der Waals surface area contributed by atoms with E-state index in [9.17, 15) is 26.4 Å². The monoisotopic (exact) mass is 616 g/mol.